The van der Waals surface area contributed by atoms with Gasteiger partial charge in [0.05, 0.1) is 12.2 Å². The molecule has 7 nitrogen and oxygen atoms in total. The van der Waals surface area contributed by atoms with Crippen LogP contribution in [0.1, 0.15) is 39.7 Å². The standard InChI is InChI=1S/C19H19N3O4/c1-11-16(26-12(2)20-11)15(23)10-22-17(24)19(21-18(22)25)8-7-13-5-3-4-6-14(13)9-19/h3-6H,7-10H2,1-2H3,(H,21,25). The van der Waals surface area contributed by atoms with Crippen LogP contribution in [0.4, 0.5) is 4.79 Å². The van der Waals surface area contributed by atoms with Crippen molar-refractivity contribution in [3.63, 3.8) is 0 Å². The summed E-state index contributed by atoms with van der Waals surface area (Å²) < 4.78 is 5.31. The molecule has 0 saturated carbocycles. The van der Waals surface area contributed by atoms with Gasteiger partial charge in [-0.15, -0.1) is 0 Å². The summed E-state index contributed by atoms with van der Waals surface area (Å²) in [6.07, 6.45) is 1.68. The molecule has 1 aromatic carbocycles. The predicted octanol–water partition coefficient (Wildman–Crippen LogP) is 1.95. The maximum absolute atomic E-state index is 13.0. The summed E-state index contributed by atoms with van der Waals surface area (Å²) in [7, 11) is 0. The molecule has 2 aliphatic rings. The number of imide groups is 1. The Morgan fingerprint density at radius 1 is 1.27 bits per heavy atom. The minimum Gasteiger partial charge on any atom is -0.438 e. The third-order valence-electron chi connectivity index (χ3n) is 5.14. The topological polar surface area (TPSA) is 92.5 Å². The van der Waals surface area contributed by atoms with E-state index in [1.54, 1.807) is 13.8 Å². The van der Waals surface area contributed by atoms with E-state index in [2.05, 4.69) is 10.3 Å². The molecule has 26 heavy (non-hydrogen) atoms. The lowest BCUT2D eigenvalue weighted by Gasteiger charge is -2.32. The van der Waals surface area contributed by atoms with Crippen LogP contribution in [0, 0.1) is 13.8 Å². The second-order valence-electron chi connectivity index (χ2n) is 6.92. The van der Waals surface area contributed by atoms with Crippen molar-refractivity contribution in [1.82, 2.24) is 15.2 Å². The Balaban J connectivity index is 1.57. The molecule has 1 saturated heterocycles. The Bertz CT molecular complexity index is 933. The molecule has 0 radical (unpaired) electrons. The quantitative estimate of drug-likeness (QED) is 0.672. The Labute approximate surface area is 150 Å². The van der Waals surface area contributed by atoms with Gasteiger partial charge in [-0.3, -0.25) is 14.5 Å². The number of nitrogens with zero attached hydrogens (tertiary/aromatic N) is 2. The van der Waals surface area contributed by atoms with Gasteiger partial charge in [0, 0.05) is 13.3 Å². The third kappa shape index (κ3) is 2.51. The van der Waals surface area contributed by atoms with E-state index in [1.165, 1.54) is 5.56 Å². The maximum atomic E-state index is 13.0. The Hall–Kier alpha value is -2.96. The molecule has 2 heterocycles. The largest absolute Gasteiger partial charge is 0.438 e. The highest BCUT2D eigenvalue weighted by Gasteiger charge is 2.52. The smallest absolute Gasteiger partial charge is 0.325 e. The number of fused-ring (bicyclic) bond motifs is 1. The monoisotopic (exact) mass is 353 g/mol. The molecular formula is C19H19N3O4. The summed E-state index contributed by atoms with van der Waals surface area (Å²) in [6, 6.07) is 7.38. The zero-order chi connectivity index (χ0) is 18.5. The Morgan fingerprint density at radius 2 is 2.00 bits per heavy atom. The van der Waals surface area contributed by atoms with Crippen molar-refractivity contribution >= 4 is 17.7 Å². The van der Waals surface area contributed by atoms with Crippen LogP contribution in [0.5, 0.6) is 0 Å². The van der Waals surface area contributed by atoms with Gasteiger partial charge in [0.15, 0.2) is 11.7 Å². The number of benzene rings is 1. The lowest BCUT2D eigenvalue weighted by molar-refractivity contribution is -0.131. The van der Waals surface area contributed by atoms with Gasteiger partial charge in [0.25, 0.3) is 5.91 Å². The van der Waals surface area contributed by atoms with Crippen molar-refractivity contribution in [3.8, 4) is 0 Å². The van der Waals surface area contributed by atoms with Crippen molar-refractivity contribution in [2.24, 2.45) is 0 Å². The number of hydrogen-bond donors (Lipinski definition) is 1. The molecule has 1 unspecified atom stereocenters. The maximum Gasteiger partial charge on any atom is 0.325 e. The molecule has 2 aromatic rings. The van der Waals surface area contributed by atoms with Gasteiger partial charge >= 0.3 is 6.03 Å². The van der Waals surface area contributed by atoms with E-state index < -0.39 is 17.4 Å². The van der Waals surface area contributed by atoms with E-state index >= 15 is 0 Å². The summed E-state index contributed by atoms with van der Waals surface area (Å²) in [5, 5.41) is 2.83. The molecule has 0 bridgehead atoms. The van der Waals surface area contributed by atoms with Crippen LogP contribution in [0.2, 0.25) is 0 Å². The van der Waals surface area contributed by atoms with E-state index in [1.807, 2.05) is 24.3 Å². The van der Waals surface area contributed by atoms with E-state index in [0.717, 1.165) is 10.5 Å². The summed E-state index contributed by atoms with van der Waals surface area (Å²) in [4.78, 5) is 43.0. The van der Waals surface area contributed by atoms with Gasteiger partial charge in [-0.25, -0.2) is 9.78 Å². The summed E-state index contributed by atoms with van der Waals surface area (Å²) >= 11 is 0. The number of hydrogen-bond acceptors (Lipinski definition) is 5. The number of oxazole rings is 1. The number of nitrogens with one attached hydrogen (secondary N) is 1. The first-order valence-corrected chi connectivity index (χ1v) is 8.58. The molecule has 7 heteroatoms. The Morgan fingerprint density at radius 3 is 2.69 bits per heavy atom. The fourth-order valence-corrected chi connectivity index (χ4v) is 3.85. The van der Waals surface area contributed by atoms with E-state index in [-0.39, 0.29) is 18.2 Å². The van der Waals surface area contributed by atoms with Crippen LogP contribution in [0.25, 0.3) is 0 Å². The van der Waals surface area contributed by atoms with Gasteiger partial charge in [-0.05, 0) is 30.9 Å². The van der Waals surface area contributed by atoms with Crippen molar-refractivity contribution in [3.05, 3.63) is 52.7 Å². The van der Waals surface area contributed by atoms with Crippen LogP contribution >= 0.6 is 0 Å². The predicted molar refractivity (Wildman–Crippen MR) is 91.8 cm³/mol. The zero-order valence-electron chi connectivity index (χ0n) is 14.7. The van der Waals surface area contributed by atoms with Crippen molar-refractivity contribution in [1.29, 1.82) is 0 Å². The number of carbonyl (C=O) groups excluding carboxylic acids is 3. The van der Waals surface area contributed by atoms with Crippen molar-refractivity contribution < 1.29 is 18.8 Å². The van der Waals surface area contributed by atoms with Gasteiger partial charge in [0.1, 0.15) is 5.54 Å². The van der Waals surface area contributed by atoms with Gasteiger partial charge in [-0.1, -0.05) is 24.3 Å². The van der Waals surface area contributed by atoms with Gasteiger partial charge < -0.3 is 9.73 Å². The van der Waals surface area contributed by atoms with Crippen LogP contribution < -0.4 is 5.32 Å². The molecule has 4 rings (SSSR count). The minimum atomic E-state index is -0.960. The summed E-state index contributed by atoms with van der Waals surface area (Å²) in [5.41, 5.74) is 1.75. The average Bonchev–Trinajstić information content (AvgIpc) is 3.06. The first-order valence-electron chi connectivity index (χ1n) is 8.58. The number of aromatic nitrogens is 1. The summed E-state index contributed by atoms with van der Waals surface area (Å²) in [6.45, 7) is 2.96. The number of aryl methyl sites for hydroxylation is 3. The van der Waals surface area contributed by atoms with Crippen LogP contribution in [0.15, 0.2) is 28.7 Å². The highest BCUT2D eigenvalue weighted by Crippen LogP contribution is 2.33. The number of rotatable bonds is 3. The second-order valence-corrected chi connectivity index (χ2v) is 6.92. The van der Waals surface area contributed by atoms with Gasteiger partial charge in [0.2, 0.25) is 5.78 Å². The first kappa shape index (κ1) is 16.5. The van der Waals surface area contributed by atoms with E-state index in [4.69, 9.17) is 4.42 Å². The molecule has 1 aromatic heterocycles. The van der Waals surface area contributed by atoms with Gasteiger partial charge in [-0.2, -0.15) is 0 Å². The molecule has 1 spiro atoms. The molecule has 1 aliphatic carbocycles. The third-order valence-corrected chi connectivity index (χ3v) is 5.14. The number of Topliss-reactive ketones (excluding diaryl/α,β-unsaturated/α-hetero) is 1. The molecule has 1 N–H and O–H groups in total. The number of urea groups is 1. The molecular weight excluding hydrogens is 334 g/mol. The minimum absolute atomic E-state index is 0.0954. The SMILES string of the molecule is Cc1nc(C)c(C(=O)CN2C(=O)NC3(CCc4ccccc4C3)C2=O)o1. The Kier molecular flexibility index (Phi) is 3.68. The average molecular weight is 353 g/mol. The van der Waals surface area contributed by atoms with Crippen LogP contribution in [-0.2, 0) is 17.6 Å². The highest BCUT2D eigenvalue weighted by molar-refractivity contribution is 6.11. The number of ketones is 1. The lowest BCUT2D eigenvalue weighted by Crippen LogP contribution is -2.51. The van der Waals surface area contributed by atoms with Crippen molar-refractivity contribution in [2.45, 2.75) is 38.6 Å². The molecule has 1 aliphatic heterocycles. The summed E-state index contributed by atoms with van der Waals surface area (Å²) in [5.74, 6) is -0.305. The van der Waals surface area contributed by atoms with Crippen LogP contribution in [-0.4, -0.2) is 39.7 Å². The molecule has 134 valence electrons. The number of amides is 3. The second kappa shape index (κ2) is 5.79. The molecule has 3 amide bonds. The van der Waals surface area contributed by atoms with E-state index in [9.17, 15) is 14.4 Å². The lowest BCUT2D eigenvalue weighted by atomic mass is 9.78. The highest BCUT2D eigenvalue weighted by atomic mass is 16.4. The fourth-order valence-electron chi connectivity index (χ4n) is 3.85. The first-order chi connectivity index (χ1) is 12.4. The number of carbonyl (C=O) groups is 3. The van der Waals surface area contributed by atoms with Crippen molar-refractivity contribution in [2.75, 3.05) is 6.54 Å². The molecule has 1 atom stereocenters. The fraction of sp³-hybridized carbons (Fsp3) is 0.368. The van der Waals surface area contributed by atoms with E-state index in [0.29, 0.717) is 30.8 Å². The normalized spacial score (nSPS) is 21.8. The molecule has 1 fully saturated rings. The zero-order valence-corrected chi connectivity index (χ0v) is 14.7. The van der Waals surface area contributed by atoms with Crippen LogP contribution in [0.3, 0.4) is 0 Å².